The van der Waals surface area contributed by atoms with E-state index in [4.69, 9.17) is 9.47 Å². The first kappa shape index (κ1) is 15.0. The molecule has 4 heterocycles. The largest absolute Gasteiger partial charge is 0.366 e. The Hall–Kier alpha value is -1.90. The van der Waals surface area contributed by atoms with E-state index in [0.717, 1.165) is 0 Å². The fourth-order valence-corrected chi connectivity index (χ4v) is 7.75. The van der Waals surface area contributed by atoms with Gasteiger partial charge < -0.3 is 9.47 Å². The molecule has 2 saturated heterocycles. The predicted molar refractivity (Wildman–Crippen MR) is 108 cm³/mol. The fraction of sp³-hybridized carbons (Fsp3) is 0.462. The Morgan fingerprint density at radius 1 is 0.679 bits per heavy atom. The third-order valence-corrected chi connectivity index (χ3v) is 9.29. The second-order valence-corrected chi connectivity index (χ2v) is 10.1. The molecule has 2 fully saturated rings. The fourth-order valence-electron chi connectivity index (χ4n) is 7.75. The highest BCUT2D eigenvalue weighted by Crippen LogP contribution is 2.70. The van der Waals surface area contributed by atoms with E-state index in [9.17, 15) is 0 Å². The van der Waals surface area contributed by atoms with Crippen molar-refractivity contribution in [2.45, 2.75) is 63.9 Å². The Morgan fingerprint density at radius 2 is 1.11 bits per heavy atom. The quantitative estimate of drug-likeness (QED) is 0.597. The molecule has 0 aromatic heterocycles. The molecular formula is C26H24O2. The minimum absolute atomic E-state index is 0.0231. The Morgan fingerprint density at radius 3 is 1.57 bits per heavy atom. The van der Waals surface area contributed by atoms with Crippen LogP contribution in [0.4, 0.5) is 0 Å². The summed E-state index contributed by atoms with van der Waals surface area (Å²) in [7, 11) is 0. The van der Waals surface area contributed by atoms with E-state index in [-0.39, 0.29) is 10.8 Å². The lowest BCUT2D eigenvalue weighted by Gasteiger charge is -2.58. The van der Waals surface area contributed by atoms with Crippen molar-refractivity contribution in [1.82, 2.24) is 0 Å². The van der Waals surface area contributed by atoms with Crippen LogP contribution in [0, 0.1) is 10.8 Å². The van der Waals surface area contributed by atoms with Gasteiger partial charge in [0.25, 0.3) is 0 Å². The molecule has 8 rings (SSSR count). The van der Waals surface area contributed by atoms with Gasteiger partial charge in [0.1, 0.15) is 0 Å². The molecule has 0 N–H and O–H groups in total. The number of hydrogen-bond acceptors (Lipinski definition) is 2. The maximum absolute atomic E-state index is 6.35. The molecule has 0 aromatic rings. The van der Waals surface area contributed by atoms with Gasteiger partial charge in [0.05, 0.1) is 24.4 Å². The van der Waals surface area contributed by atoms with Gasteiger partial charge in [0.15, 0.2) is 0 Å². The van der Waals surface area contributed by atoms with Crippen LogP contribution in [0.15, 0.2) is 81.0 Å². The summed E-state index contributed by atoms with van der Waals surface area (Å²) in [5, 5.41) is 0. The maximum Gasteiger partial charge on any atom is 0.0841 e. The summed E-state index contributed by atoms with van der Waals surface area (Å²) < 4.78 is 12.7. The van der Waals surface area contributed by atoms with Crippen molar-refractivity contribution in [1.29, 1.82) is 0 Å². The lowest BCUT2D eigenvalue weighted by molar-refractivity contribution is 0.111. The molecule has 0 saturated carbocycles. The number of rotatable bonds is 0. The second kappa shape index (κ2) is 4.32. The normalized spacial score (nSPS) is 48.2. The first-order valence-electron chi connectivity index (χ1n) is 11.0. The van der Waals surface area contributed by atoms with Crippen LogP contribution >= 0.6 is 0 Å². The smallest absolute Gasteiger partial charge is 0.0841 e. The van der Waals surface area contributed by atoms with Gasteiger partial charge >= 0.3 is 0 Å². The summed E-state index contributed by atoms with van der Waals surface area (Å²) >= 11 is 0. The molecule has 28 heavy (non-hydrogen) atoms. The van der Waals surface area contributed by atoms with E-state index in [1.54, 1.807) is 0 Å². The minimum atomic E-state index is -0.0231. The van der Waals surface area contributed by atoms with Gasteiger partial charge in [-0.05, 0) is 70.3 Å². The van der Waals surface area contributed by atoms with Crippen molar-refractivity contribution in [3.8, 4) is 0 Å². The highest BCUT2D eigenvalue weighted by Gasteiger charge is 2.62. The predicted octanol–water partition coefficient (Wildman–Crippen LogP) is 5.03. The van der Waals surface area contributed by atoms with Crippen LogP contribution in [-0.2, 0) is 9.47 Å². The molecule has 140 valence electrons. The zero-order chi connectivity index (χ0) is 18.4. The lowest BCUT2D eigenvalue weighted by Crippen LogP contribution is -2.50. The molecule has 0 aromatic carbocycles. The summed E-state index contributed by atoms with van der Waals surface area (Å²) in [4.78, 5) is 0. The maximum atomic E-state index is 6.35. The van der Waals surface area contributed by atoms with E-state index in [0.29, 0.717) is 24.4 Å². The molecule has 6 atom stereocenters. The third-order valence-electron chi connectivity index (χ3n) is 9.29. The van der Waals surface area contributed by atoms with Crippen LogP contribution in [0.2, 0.25) is 0 Å². The first-order chi connectivity index (χ1) is 13.6. The average Bonchev–Trinajstić information content (AvgIpc) is 3.46. The van der Waals surface area contributed by atoms with Gasteiger partial charge in [-0.1, -0.05) is 50.3 Å². The van der Waals surface area contributed by atoms with Crippen molar-refractivity contribution < 1.29 is 9.47 Å². The topological polar surface area (TPSA) is 18.5 Å². The number of allylic oxidation sites excluding steroid dienone is 6. The summed E-state index contributed by atoms with van der Waals surface area (Å²) in [6.45, 7) is 4.98. The standard InChI is InChI=1S/C26H24O2/c1-25-13-3-4-14-12-16-20-8-10-22(28-20)24(16)18(26(14,25)2)6-5-17(25)23-15(11-13)19-7-9-21(23)27-19/h3-6,11-12,19-22H,7-10H2,1-2H3/t19?,20?,21?,22?,25-,26-/m0/s1. The SMILES string of the molecule is C[C@]12C3=CC4=C(C1=CC=C1C5=C(C=C(C=C3)[C@@]12C)C1CCC5O1)C1CCC4O1. The van der Waals surface area contributed by atoms with Crippen LogP contribution < -0.4 is 0 Å². The number of fused-ring (bicyclic) bond motifs is 10. The average molecular weight is 368 g/mol. The van der Waals surface area contributed by atoms with Crippen molar-refractivity contribution in [2.75, 3.05) is 0 Å². The molecule has 4 aliphatic heterocycles. The zero-order valence-electron chi connectivity index (χ0n) is 16.4. The lowest BCUT2D eigenvalue weighted by atomic mass is 9.43. The zero-order valence-corrected chi connectivity index (χ0v) is 16.4. The molecular weight excluding hydrogens is 344 g/mol. The van der Waals surface area contributed by atoms with Crippen molar-refractivity contribution in [2.24, 2.45) is 10.8 Å². The van der Waals surface area contributed by atoms with Crippen LogP contribution in [-0.4, -0.2) is 24.4 Å². The number of ether oxygens (including phenoxy) is 2. The minimum Gasteiger partial charge on any atom is -0.366 e. The molecule has 4 bridgehead atoms. The van der Waals surface area contributed by atoms with Crippen LogP contribution in [0.25, 0.3) is 0 Å². The second-order valence-electron chi connectivity index (χ2n) is 10.1. The van der Waals surface area contributed by atoms with Gasteiger partial charge in [-0.2, -0.15) is 0 Å². The molecule has 0 amide bonds. The highest BCUT2D eigenvalue weighted by molar-refractivity contribution is 5.74. The summed E-state index contributed by atoms with van der Waals surface area (Å²) in [5.74, 6) is 0. The van der Waals surface area contributed by atoms with E-state index >= 15 is 0 Å². The molecule has 4 unspecified atom stereocenters. The summed E-state index contributed by atoms with van der Waals surface area (Å²) in [6.07, 6.45) is 20.6. The molecule has 4 aliphatic carbocycles. The summed E-state index contributed by atoms with van der Waals surface area (Å²) in [6, 6.07) is 0. The van der Waals surface area contributed by atoms with Crippen molar-refractivity contribution in [3.63, 3.8) is 0 Å². The monoisotopic (exact) mass is 368 g/mol. The van der Waals surface area contributed by atoms with E-state index in [2.05, 4.69) is 50.3 Å². The van der Waals surface area contributed by atoms with Gasteiger partial charge in [0, 0.05) is 10.8 Å². The third kappa shape index (κ3) is 1.31. The van der Waals surface area contributed by atoms with E-state index in [1.165, 1.54) is 70.3 Å². The first-order valence-corrected chi connectivity index (χ1v) is 11.0. The highest BCUT2D eigenvalue weighted by atomic mass is 16.5. The van der Waals surface area contributed by atoms with Gasteiger partial charge in [-0.15, -0.1) is 0 Å². The Balaban J connectivity index is 1.46. The van der Waals surface area contributed by atoms with Crippen LogP contribution in [0.1, 0.15) is 39.5 Å². The van der Waals surface area contributed by atoms with Gasteiger partial charge in [0.2, 0.25) is 0 Å². The molecule has 0 spiro atoms. The van der Waals surface area contributed by atoms with E-state index in [1.807, 2.05) is 0 Å². The van der Waals surface area contributed by atoms with Crippen LogP contribution in [0.5, 0.6) is 0 Å². The van der Waals surface area contributed by atoms with Crippen LogP contribution in [0.3, 0.4) is 0 Å². The van der Waals surface area contributed by atoms with Crippen molar-refractivity contribution >= 4 is 0 Å². The Kier molecular flexibility index (Phi) is 2.31. The van der Waals surface area contributed by atoms with E-state index < -0.39 is 0 Å². The molecule has 8 aliphatic rings. The summed E-state index contributed by atoms with van der Waals surface area (Å²) in [5.41, 5.74) is 11.9. The van der Waals surface area contributed by atoms with Gasteiger partial charge in [-0.25, -0.2) is 0 Å². The van der Waals surface area contributed by atoms with Gasteiger partial charge in [-0.3, -0.25) is 0 Å². The molecule has 2 nitrogen and oxygen atoms in total. The Labute approximate surface area is 165 Å². The number of hydrogen-bond donors (Lipinski definition) is 0. The Bertz CT molecular complexity index is 1030. The molecule has 0 radical (unpaired) electrons. The van der Waals surface area contributed by atoms with Crippen molar-refractivity contribution in [3.05, 3.63) is 81.0 Å². The molecule has 2 heteroatoms.